The number of fused-ring (bicyclic) bond motifs is 1. The molecule has 0 spiro atoms. The molecule has 2 rings (SSSR count). The summed E-state index contributed by atoms with van der Waals surface area (Å²) in [5.41, 5.74) is -0.317. The van der Waals surface area contributed by atoms with Gasteiger partial charge in [-0.05, 0) is 24.6 Å². The van der Waals surface area contributed by atoms with Crippen LogP contribution in [0.1, 0.15) is 11.3 Å². The monoisotopic (exact) mass is 262 g/mol. The van der Waals surface area contributed by atoms with E-state index in [-0.39, 0.29) is 5.58 Å². The summed E-state index contributed by atoms with van der Waals surface area (Å²) < 4.78 is 9.41. The van der Waals surface area contributed by atoms with Gasteiger partial charge in [-0.25, -0.2) is 14.6 Å². The van der Waals surface area contributed by atoms with E-state index in [1.807, 2.05) is 6.92 Å². The van der Waals surface area contributed by atoms with Crippen molar-refractivity contribution in [3.05, 3.63) is 39.9 Å². The standard InChI is InChI=1S/C12H10N2O5/c1-6-3-4-8-7(5-6)13-9(12(16)19-8)10(14-17)11(15)18-2/h3-5,17H,1-2H3. The molecule has 19 heavy (non-hydrogen) atoms. The maximum Gasteiger partial charge on any atom is 0.365 e. The summed E-state index contributed by atoms with van der Waals surface area (Å²) in [5.74, 6) is -0.977. The molecule has 1 heterocycles. The van der Waals surface area contributed by atoms with E-state index in [4.69, 9.17) is 9.62 Å². The first-order valence-electron chi connectivity index (χ1n) is 5.29. The van der Waals surface area contributed by atoms with Crippen LogP contribution in [0.4, 0.5) is 0 Å². The average molecular weight is 262 g/mol. The minimum atomic E-state index is -0.977. The van der Waals surface area contributed by atoms with Crippen LogP contribution in [0.25, 0.3) is 11.1 Å². The molecule has 7 nitrogen and oxygen atoms in total. The summed E-state index contributed by atoms with van der Waals surface area (Å²) in [6.45, 7) is 1.84. The van der Waals surface area contributed by atoms with E-state index in [1.165, 1.54) is 0 Å². The maximum atomic E-state index is 11.7. The summed E-state index contributed by atoms with van der Waals surface area (Å²) in [4.78, 5) is 27.1. The van der Waals surface area contributed by atoms with Gasteiger partial charge in [0.15, 0.2) is 11.3 Å². The minimum Gasteiger partial charge on any atom is -0.464 e. The van der Waals surface area contributed by atoms with Gasteiger partial charge in [0.25, 0.3) is 0 Å². The highest BCUT2D eigenvalue weighted by Gasteiger charge is 2.22. The number of rotatable bonds is 2. The van der Waals surface area contributed by atoms with Gasteiger partial charge in [-0.15, -0.1) is 0 Å². The minimum absolute atomic E-state index is 0.279. The van der Waals surface area contributed by atoms with E-state index in [0.717, 1.165) is 12.7 Å². The molecule has 0 saturated heterocycles. The SMILES string of the molecule is COC(=O)C(=NO)c1nc2cc(C)ccc2oc1=O. The van der Waals surface area contributed by atoms with Gasteiger partial charge in [-0.1, -0.05) is 11.2 Å². The molecule has 0 aliphatic heterocycles. The topological polar surface area (TPSA) is 102 Å². The smallest absolute Gasteiger partial charge is 0.365 e. The Kier molecular flexibility index (Phi) is 3.28. The summed E-state index contributed by atoms with van der Waals surface area (Å²) in [7, 11) is 1.10. The van der Waals surface area contributed by atoms with E-state index in [1.54, 1.807) is 18.2 Å². The first-order chi connectivity index (χ1) is 9.06. The summed E-state index contributed by atoms with van der Waals surface area (Å²) in [6.07, 6.45) is 0. The number of oxime groups is 1. The third kappa shape index (κ3) is 2.30. The number of carbonyl (C=O) groups excluding carboxylic acids is 1. The van der Waals surface area contributed by atoms with Gasteiger partial charge < -0.3 is 14.4 Å². The molecular formula is C12H10N2O5. The Balaban J connectivity index is 2.70. The van der Waals surface area contributed by atoms with Crippen molar-refractivity contribution in [3.63, 3.8) is 0 Å². The van der Waals surface area contributed by atoms with Crippen molar-refractivity contribution in [2.24, 2.45) is 5.16 Å². The molecule has 0 fully saturated rings. The van der Waals surface area contributed by atoms with Crippen LogP contribution in [0.2, 0.25) is 0 Å². The molecule has 7 heteroatoms. The first-order valence-corrected chi connectivity index (χ1v) is 5.29. The van der Waals surface area contributed by atoms with Crippen LogP contribution >= 0.6 is 0 Å². The Morgan fingerprint density at radius 1 is 1.47 bits per heavy atom. The molecule has 1 N–H and O–H groups in total. The predicted molar refractivity (Wildman–Crippen MR) is 65.4 cm³/mol. The Bertz CT molecular complexity index is 732. The average Bonchev–Trinajstić information content (AvgIpc) is 2.40. The normalized spacial score (nSPS) is 11.6. The number of benzene rings is 1. The van der Waals surface area contributed by atoms with Crippen molar-refractivity contribution in [3.8, 4) is 0 Å². The third-order valence-corrected chi connectivity index (χ3v) is 2.45. The molecule has 0 atom stereocenters. The number of carbonyl (C=O) groups is 1. The highest BCUT2D eigenvalue weighted by Crippen LogP contribution is 2.12. The molecule has 0 aliphatic carbocycles. The van der Waals surface area contributed by atoms with Crippen molar-refractivity contribution in [1.29, 1.82) is 0 Å². The molecule has 1 aromatic heterocycles. The largest absolute Gasteiger partial charge is 0.464 e. The number of hydrogen-bond acceptors (Lipinski definition) is 7. The van der Waals surface area contributed by atoms with Gasteiger partial charge in [0, 0.05) is 0 Å². The lowest BCUT2D eigenvalue weighted by atomic mass is 10.2. The molecule has 1 aromatic carbocycles. The van der Waals surface area contributed by atoms with Crippen LogP contribution in [-0.4, -0.2) is 29.0 Å². The van der Waals surface area contributed by atoms with E-state index >= 15 is 0 Å². The van der Waals surface area contributed by atoms with Gasteiger partial charge in [-0.3, -0.25) is 0 Å². The van der Waals surface area contributed by atoms with Crippen LogP contribution < -0.4 is 5.63 Å². The van der Waals surface area contributed by atoms with E-state index in [9.17, 15) is 9.59 Å². The molecule has 0 aliphatic rings. The number of methoxy groups -OCH3 is 1. The van der Waals surface area contributed by atoms with Crippen LogP contribution in [0.5, 0.6) is 0 Å². The lowest BCUT2D eigenvalue weighted by Gasteiger charge is -2.02. The predicted octanol–water partition coefficient (Wildman–Crippen LogP) is 0.848. The van der Waals surface area contributed by atoms with Crippen molar-refractivity contribution in [2.45, 2.75) is 6.92 Å². The van der Waals surface area contributed by atoms with E-state index in [2.05, 4.69) is 14.9 Å². The Hall–Kier alpha value is -2.70. The number of ether oxygens (including phenoxy) is 1. The molecule has 98 valence electrons. The molecule has 0 saturated carbocycles. The number of nitrogens with zero attached hydrogens (tertiary/aromatic N) is 2. The first kappa shape index (κ1) is 12.7. The van der Waals surface area contributed by atoms with Crippen molar-refractivity contribution in [2.75, 3.05) is 7.11 Å². The summed E-state index contributed by atoms with van der Waals surface area (Å²) >= 11 is 0. The fourth-order valence-electron chi connectivity index (χ4n) is 1.55. The van der Waals surface area contributed by atoms with Crippen molar-refractivity contribution < 1.29 is 19.2 Å². The van der Waals surface area contributed by atoms with E-state index in [0.29, 0.717) is 5.52 Å². The molecule has 2 aromatic rings. The van der Waals surface area contributed by atoms with Crippen LogP contribution in [0.3, 0.4) is 0 Å². The lowest BCUT2D eigenvalue weighted by Crippen LogP contribution is -2.25. The maximum absolute atomic E-state index is 11.7. The Labute approximate surface area is 107 Å². The van der Waals surface area contributed by atoms with Crippen LogP contribution in [0, 0.1) is 6.92 Å². The number of aryl methyl sites for hydroxylation is 1. The van der Waals surface area contributed by atoms with Gasteiger partial charge in [0.05, 0.1) is 7.11 Å². The fraction of sp³-hybridized carbons (Fsp3) is 0.167. The summed E-state index contributed by atoms with van der Waals surface area (Å²) in [5, 5.41) is 11.5. The second-order valence-electron chi connectivity index (χ2n) is 3.76. The zero-order chi connectivity index (χ0) is 14.0. The van der Waals surface area contributed by atoms with Crippen molar-refractivity contribution in [1.82, 2.24) is 4.98 Å². The Morgan fingerprint density at radius 3 is 2.84 bits per heavy atom. The zero-order valence-corrected chi connectivity index (χ0v) is 10.2. The zero-order valence-electron chi connectivity index (χ0n) is 10.2. The van der Waals surface area contributed by atoms with Crippen LogP contribution in [0.15, 0.2) is 32.6 Å². The van der Waals surface area contributed by atoms with Gasteiger partial charge >= 0.3 is 11.6 Å². The number of hydrogen-bond donors (Lipinski definition) is 1. The molecular weight excluding hydrogens is 252 g/mol. The Morgan fingerprint density at radius 2 is 2.21 bits per heavy atom. The fourth-order valence-corrected chi connectivity index (χ4v) is 1.55. The van der Waals surface area contributed by atoms with Crippen molar-refractivity contribution >= 4 is 22.8 Å². The van der Waals surface area contributed by atoms with Gasteiger partial charge in [0.2, 0.25) is 5.71 Å². The highest BCUT2D eigenvalue weighted by atomic mass is 16.5. The third-order valence-electron chi connectivity index (χ3n) is 2.45. The van der Waals surface area contributed by atoms with Gasteiger partial charge in [0.1, 0.15) is 5.52 Å². The summed E-state index contributed by atoms with van der Waals surface area (Å²) in [6, 6.07) is 5.03. The molecule has 0 unspecified atom stereocenters. The second-order valence-corrected chi connectivity index (χ2v) is 3.76. The molecule has 0 radical (unpaired) electrons. The molecule has 0 amide bonds. The number of aromatic nitrogens is 1. The quantitative estimate of drug-likeness (QED) is 0.372. The van der Waals surface area contributed by atoms with Gasteiger partial charge in [-0.2, -0.15) is 0 Å². The number of esters is 1. The van der Waals surface area contributed by atoms with Crippen LogP contribution in [-0.2, 0) is 9.53 Å². The highest BCUT2D eigenvalue weighted by molar-refractivity contribution is 6.42. The van der Waals surface area contributed by atoms with E-state index < -0.39 is 23.0 Å². The second kappa shape index (κ2) is 4.89. The molecule has 0 bridgehead atoms. The lowest BCUT2D eigenvalue weighted by molar-refractivity contribution is -0.132.